The van der Waals surface area contributed by atoms with Crippen LogP contribution in [0.2, 0.25) is 0 Å². The molecule has 1 heteroatoms. The maximum absolute atomic E-state index is 5.23. The molecule has 0 unspecified atom stereocenters. The van der Waals surface area contributed by atoms with Crippen LogP contribution in [0.5, 0.6) is 5.75 Å². The summed E-state index contributed by atoms with van der Waals surface area (Å²) in [6.45, 7) is 0. The molecular formula is C22H22O. The smallest absolute Gasteiger partial charge is 0.118 e. The Labute approximate surface area is 138 Å². The summed E-state index contributed by atoms with van der Waals surface area (Å²) in [7, 11) is 1.70. The Hall–Kier alpha value is -2.54. The van der Waals surface area contributed by atoms with Crippen molar-refractivity contribution < 1.29 is 4.74 Å². The molecule has 0 aliphatic carbocycles. The van der Waals surface area contributed by atoms with Crippen LogP contribution in [0.3, 0.4) is 0 Å². The van der Waals surface area contributed by atoms with Crippen LogP contribution in [-0.4, -0.2) is 7.11 Å². The lowest BCUT2D eigenvalue weighted by Gasteiger charge is -2.18. The third kappa shape index (κ3) is 4.01. The first-order chi connectivity index (χ1) is 11.4. The van der Waals surface area contributed by atoms with Crippen molar-refractivity contribution in [2.24, 2.45) is 0 Å². The van der Waals surface area contributed by atoms with E-state index in [4.69, 9.17) is 4.74 Å². The summed E-state index contributed by atoms with van der Waals surface area (Å²) >= 11 is 0. The maximum Gasteiger partial charge on any atom is 0.118 e. The number of rotatable bonds is 6. The summed E-state index contributed by atoms with van der Waals surface area (Å²) in [6, 6.07) is 30.0. The van der Waals surface area contributed by atoms with E-state index < -0.39 is 0 Å². The molecule has 0 aliphatic heterocycles. The van der Waals surface area contributed by atoms with Crippen LogP contribution in [0.15, 0.2) is 84.9 Å². The van der Waals surface area contributed by atoms with Crippen LogP contribution in [0, 0.1) is 0 Å². The van der Waals surface area contributed by atoms with Gasteiger partial charge in [0, 0.05) is 5.92 Å². The van der Waals surface area contributed by atoms with Crippen molar-refractivity contribution in [3.63, 3.8) is 0 Å². The quantitative estimate of drug-likeness (QED) is 0.587. The Balaban J connectivity index is 1.79. The van der Waals surface area contributed by atoms with E-state index in [0.29, 0.717) is 5.92 Å². The van der Waals surface area contributed by atoms with E-state index in [-0.39, 0.29) is 0 Å². The van der Waals surface area contributed by atoms with Crippen LogP contribution < -0.4 is 4.74 Å². The van der Waals surface area contributed by atoms with Gasteiger partial charge in [0.25, 0.3) is 0 Å². The van der Waals surface area contributed by atoms with Gasteiger partial charge in [-0.2, -0.15) is 0 Å². The second-order valence-corrected chi connectivity index (χ2v) is 5.76. The van der Waals surface area contributed by atoms with Gasteiger partial charge in [-0.15, -0.1) is 0 Å². The number of hydrogen-bond donors (Lipinski definition) is 0. The first-order valence-corrected chi connectivity index (χ1v) is 8.09. The largest absolute Gasteiger partial charge is 0.497 e. The molecule has 23 heavy (non-hydrogen) atoms. The molecule has 0 aromatic heterocycles. The molecule has 0 aliphatic rings. The highest BCUT2D eigenvalue weighted by Gasteiger charge is 2.13. The van der Waals surface area contributed by atoms with Gasteiger partial charge in [-0.3, -0.25) is 0 Å². The van der Waals surface area contributed by atoms with Gasteiger partial charge in [-0.1, -0.05) is 72.8 Å². The SMILES string of the molecule is COc1ccc(CCC(c2ccccc2)c2ccccc2)cc1. The highest BCUT2D eigenvalue weighted by Crippen LogP contribution is 2.29. The number of hydrogen-bond acceptors (Lipinski definition) is 1. The standard InChI is InChI=1S/C22H22O/c1-23-21-15-12-18(13-16-21)14-17-22(19-8-4-2-5-9-19)20-10-6-3-7-11-20/h2-13,15-16,22H,14,17H2,1H3. The summed E-state index contributed by atoms with van der Waals surface area (Å²) in [5.74, 6) is 1.34. The van der Waals surface area contributed by atoms with Gasteiger partial charge in [0.1, 0.15) is 5.75 Å². The molecule has 0 fully saturated rings. The van der Waals surface area contributed by atoms with Crippen molar-refractivity contribution in [2.45, 2.75) is 18.8 Å². The molecule has 0 bridgehead atoms. The second-order valence-electron chi connectivity index (χ2n) is 5.76. The predicted molar refractivity (Wildman–Crippen MR) is 96.0 cm³/mol. The third-order valence-electron chi connectivity index (χ3n) is 4.28. The molecule has 0 atom stereocenters. The van der Waals surface area contributed by atoms with Crippen molar-refractivity contribution in [1.29, 1.82) is 0 Å². The van der Waals surface area contributed by atoms with Crippen molar-refractivity contribution in [2.75, 3.05) is 7.11 Å². The molecule has 1 nitrogen and oxygen atoms in total. The molecular weight excluding hydrogens is 280 g/mol. The van der Waals surface area contributed by atoms with E-state index in [1.54, 1.807) is 7.11 Å². The van der Waals surface area contributed by atoms with Crippen molar-refractivity contribution in [1.82, 2.24) is 0 Å². The fourth-order valence-corrected chi connectivity index (χ4v) is 3.00. The fraction of sp³-hybridized carbons (Fsp3) is 0.182. The lowest BCUT2D eigenvalue weighted by molar-refractivity contribution is 0.414. The molecule has 0 saturated carbocycles. The lowest BCUT2D eigenvalue weighted by Crippen LogP contribution is -2.03. The summed E-state index contributed by atoms with van der Waals surface area (Å²) in [5, 5.41) is 0. The Kier molecular flexibility index (Phi) is 5.10. The van der Waals surface area contributed by atoms with Crippen LogP contribution in [-0.2, 0) is 6.42 Å². The topological polar surface area (TPSA) is 9.23 Å². The lowest BCUT2D eigenvalue weighted by atomic mass is 9.86. The van der Waals surface area contributed by atoms with E-state index in [9.17, 15) is 0 Å². The molecule has 116 valence electrons. The molecule has 3 aromatic rings. The van der Waals surface area contributed by atoms with Crippen LogP contribution >= 0.6 is 0 Å². The van der Waals surface area contributed by atoms with Crippen molar-refractivity contribution in [3.8, 4) is 5.75 Å². The zero-order valence-corrected chi connectivity index (χ0v) is 13.5. The molecule has 0 amide bonds. The highest BCUT2D eigenvalue weighted by molar-refractivity contribution is 5.33. The van der Waals surface area contributed by atoms with Gasteiger partial charge in [-0.05, 0) is 41.7 Å². The average molecular weight is 302 g/mol. The van der Waals surface area contributed by atoms with Crippen LogP contribution in [0.1, 0.15) is 29.0 Å². The van der Waals surface area contributed by atoms with Gasteiger partial charge >= 0.3 is 0 Å². The fourth-order valence-electron chi connectivity index (χ4n) is 3.00. The monoisotopic (exact) mass is 302 g/mol. The Morgan fingerprint density at radius 1 is 0.696 bits per heavy atom. The summed E-state index contributed by atoms with van der Waals surface area (Å²) in [4.78, 5) is 0. The molecule has 0 N–H and O–H groups in total. The van der Waals surface area contributed by atoms with Gasteiger partial charge in [-0.25, -0.2) is 0 Å². The Bertz CT molecular complexity index is 662. The number of benzene rings is 3. The van der Waals surface area contributed by atoms with E-state index in [2.05, 4.69) is 72.8 Å². The number of ether oxygens (including phenoxy) is 1. The summed E-state index contributed by atoms with van der Waals surface area (Å²) in [5.41, 5.74) is 4.11. The average Bonchev–Trinajstić information content (AvgIpc) is 2.64. The van der Waals surface area contributed by atoms with Crippen molar-refractivity contribution in [3.05, 3.63) is 102 Å². The van der Waals surface area contributed by atoms with Crippen LogP contribution in [0.25, 0.3) is 0 Å². The second kappa shape index (κ2) is 7.64. The van der Waals surface area contributed by atoms with E-state index in [0.717, 1.165) is 18.6 Å². The summed E-state index contributed by atoms with van der Waals surface area (Å²) < 4.78 is 5.23. The molecule has 3 aromatic carbocycles. The molecule has 0 saturated heterocycles. The minimum absolute atomic E-state index is 0.430. The number of aryl methyl sites for hydroxylation is 1. The minimum atomic E-state index is 0.430. The summed E-state index contributed by atoms with van der Waals surface area (Å²) in [6.07, 6.45) is 2.15. The van der Waals surface area contributed by atoms with E-state index >= 15 is 0 Å². The number of methoxy groups -OCH3 is 1. The minimum Gasteiger partial charge on any atom is -0.497 e. The first kappa shape index (κ1) is 15.4. The van der Waals surface area contributed by atoms with E-state index in [1.807, 2.05) is 12.1 Å². The zero-order valence-electron chi connectivity index (χ0n) is 13.5. The highest BCUT2D eigenvalue weighted by atomic mass is 16.5. The maximum atomic E-state index is 5.23. The van der Waals surface area contributed by atoms with E-state index in [1.165, 1.54) is 16.7 Å². The van der Waals surface area contributed by atoms with Gasteiger partial charge in [0.2, 0.25) is 0 Å². The van der Waals surface area contributed by atoms with Gasteiger partial charge < -0.3 is 4.74 Å². The normalized spacial score (nSPS) is 10.7. The Morgan fingerprint density at radius 3 is 1.70 bits per heavy atom. The van der Waals surface area contributed by atoms with Gasteiger partial charge in [0.05, 0.1) is 7.11 Å². The zero-order chi connectivity index (χ0) is 15.9. The third-order valence-corrected chi connectivity index (χ3v) is 4.28. The molecule has 0 heterocycles. The van der Waals surface area contributed by atoms with Gasteiger partial charge in [0.15, 0.2) is 0 Å². The van der Waals surface area contributed by atoms with Crippen LogP contribution in [0.4, 0.5) is 0 Å². The van der Waals surface area contributed by atoms with Crippen molar-refractivity contribution >= 4 is 0 Å². The molecule has 3 rings (SSSR count). The molecule has 0 radical (unpaired) electrons. The Morgan fingerprint density at radius 2 is 1.22 bits per heavy atom. The predicted octanol–water partition coefficient (Wildman–Crippen LogP) is 5.46. The molecule has 0 spiro atoms. The first-order valence-electron chi connectivity index (χ1n) is 8.09.